The molecule has 4 aromatic rings. The molecule has 3 aromatic carbocycles. The fourth-order valence-electron chi connectivity index (χ4n) is 4.93. The van der Waals surface area contributed by atoms with Crippen molar-refractivity contribution in [3.05, 3.63) is 91.8 Å². The van der Waals surface area contributed by atoms with E-state index in [1.807, 2.05) is 70.2 Å². The molecule has 2 heterocycles. The lowest BCUT2D eigenvalue weighted by atomic mass is 9.75. The van der Waals surface area contributed by atoms with Crippen LogP contribution in [0.2, 0.25) is 5.02 Å². The molecule has 0 spiro atoms. The van der Waals surface area contributed by atoms with Crippen molar-refractivity contribution in [1.82, 2.24) is 0 Å². The van der Waals surface area contributed by atoms with Crippen molar-refractivity contribution in [1.29, 1.82) is 0 Å². The predicted molar refractivity (Wildman–Crippen MR) is 151 cm³/mol. The van der Waals surface area contributed by atoms with Crippen molar-refractivity contribution >= 4 is 47.1 Å². The van der Waals surface area contributed by atoms with E-state index >= 15 is 0 Å². The molecule has 0 aliphatic carbocycles. The topological polar surface area (TPSA) is 84.1 Å². The van der Waals surface area contributed by atoms with E-state index in [0.717, 1.165) is 33.5 Å². The molecule has 0 saturated heterocycles. The van der Waals surface area contributed by atoms with Gasteiger partial charge in [0.05, 0.1) is 17.6 Å². The van der Waals surface area contributed by atoms with E-state index in [9.17, 15) is 9.82 Å². The fraction of sp³-hybridized carbons (Fsp3) is 0.241. The number of anilines is 1. The molecular formula is C29H28BClN2O4. The average Bonchev–Trinajstić information content (AvgIpc) is 2.86. The first-order valence-electron chi connectivity index (χ1n) is 12.3. The van der Waals surface area contributed by atoms with Crippen LogP contribution in [0.3, 0.4) is 0 Å². The summed E-state index contributed by atoms with van der Waals surface area (Å²) in [5.41, 5.74) is 7.29. The Hall–Kier alpha value is -3.55. The summed E-state index contributed by atoms with van der Waals surface area (Å²) in [6.45, 7) is 9.93. The first-order valence-corrected chi connectivity index (χ1v) is 12.7. The molecule has 0 bridgehead atoms. The molecule has 188 valence electrons. The molecule has 1 atom stereocenters. The van der Waals surface area contributed by atoms with Crippen LogP contribution < -0.4 is 16.2 Å². The number of nitrogens with one attached hydrogen (secondary N) is 1. The molecule has 0 unspecified atom stereocenters. The van der Waals surface area contributed by atoms with Crippen LogP contribution in [0.15, 0.2) is 62.9 Å². The molecule has 8 heteroatoms. The monoisotopic (exact) mass is 514 g/mol. The van der Waals surface area contributed by atoms with Gasteiger partial charge in [-0.1, -0.05) is 43.6 Å². The number of benzene rings is 3. The van der Waals surface area contributed by atoms with Crippen molar-refractivity contribution < 1.29 is 14.2 Å². The Bertz CT molecular complexity index is 1610. The molecule has 2 N–H and O–H groups in total. The Balaban J connectivity index is 1.60. The smallest absolute Gasteiger partial charge is 0.460 e. The van der Waals surface area contributed by atoms with E-state index in [-0.39, 0.29) is 17.4 Å². The second kappa shape index (κ2) is 9.73. The van der Waals surface area contributed by atoms with Crippen molar-refractivity contribution in [3.63, 3.8) is 0 Å². The van der Waals surface area contributed by atoms with Gasteiger partial charge in [-0.25, -0.2) is 0 Å². The molecular weight excluding hydrogens is 487 g/mol. The van der Waals surface area contributed by atoms with Gasteiger partial charge in [-0.2, -0.15) is 0 Å². The highest BCUT2D eigenvalue weighted by Crippen LogP contribution is 2.36. The van der Waals surface area contributed by atoms with Crippen LogP contribution in [0.25, 0.3) is 22.1 Å². The number of fused-ring (bicyclic) bond motifs is 2. The molecule has 1 aliphatic heterocycles. The van der Waals surface area contributed by atoms with Crippen molar-refractivity contribution in [2.75, 3.05) is 5.32 Å². The normalized spacial score (nSPS) is 13.6. The number of aryl methyl sites for hydroxylation is 1. The van der Waals surface area contributed by atoms with Gasteiger partial charge in [-0.3, -0.25) is 4.79 Å². The lowest BCUT2D eigenvalue weighted by molar-refractivity contribution is 0.286. The van der Waals surface area contributed by atoms with Crippen LogP contribution in [0.4, 0.5) is 5.69 Å². The zero-order chi connectivity index (χ0) is 26.4. The standard InChI is InChI=1S/C29H28BClN2O4/c1-15(2)28-17(4)27(34)24-11-16(3)10-22(29(24)36-28)18(5)33-26-9-7-21(31)13-23(26)19-6-8-25-20(12-19)14-32-37-30(25)35/h6-15,18,33,35H,1-5H3/t18-/m0/s1. The third-order valence-corrected chi connectivity index (χ3v) is 7.02. The van der Waals surface area contributed by atoms with Crippen LogP contribution in [0.5, 0.6) is 0 Å². The zero-order valence-corrected chi connectivity index (χ0v) is 22.2. The molecule has 0 amide bonds. The van der Waals surface area contributed by atoms with Gasteiger partial charge < -0.3 is 19.5 Å². The first kappa shape index (κ1) is 25.1. The van der Waals surface area contributed by atoms with Crippen LogP contribution in [0, 0.1) is 13.8 Å². The quantitative estimate of drug-likeness (QED) is 0.315. The summed E-state index contributed by atoms with van der Waals surface area (Å²) >= 11 is 6.40. The highest BCUT2D eigenvalue weighted by molar-refractivity contribution is 6.62. The van der Waals surface area contributed by atoms with E-state index in [1.165, 1.54) is 0 Å². The molecule has 5 rings (SSSR count). The van der Waals surface area contributed by atoms with Gasteiger partial charge in [0.25, 0.3) is 0 Å². The maximum absolute atomic E-state index is 13.2. The van der Waals surface area contributed by atoms with Crippen molar-refractivity contribution in [2.45, 2.75) is 46.6 Å². The number of nitrogens with zero attached hydrogens (tertiary/aromatic N) is 1. The predicted octanol–water partition coefficient (Wildman–Crippen LogP) is 6.08. The number of halogens is 1. The number of rotatable bonds is 5. The molecule has 0 radical (unpaired) electrons. The van der Waals surface area contributed by atoms with Crippen LogP contribution in [-0.4, -0.2) is 18.4 Å². The maximum Gasteiger partial charge on any atom is 0.583 e. The molecule has 1 aromatic heterocycles. The fourth-order valence-corrected chi connectivity index (χ4v) is 5.10. The number of oxime groups is 1. The minimum Gasteiger partial charge on any atom is -0.460 e. The number of hydrogen-bond acceptors (Lipinski definition) is 6. The second-order valence-corrected chi connectivity index (χ2v) is 10.3. The number of hydrogen-bond donors (Lipinski definition) is 2. The Morgan fingerprint density at radius 2 is 1.84 bits per heavy atom. The summed E-state index contributed by atoms with van der Waals surface area (Å²) in [5, 5.41) is 18.7. The lowest BCUT2D eigenvalue weighted by Crippen LogP contribution is -2.37. The zero-order valence-electron chi connectivity index (χ0n) is 21.4. The van der Waals surface area contributed by atoms with Gasteiger partial charge in [0.1, 0.15) is 11.3 Å². The largest absolute Gasteiger partial charge is 0.583 e. The van der Waals surface area contributed by atoms with Gasteiger partial charge in [0.15, 0.2) is 5.43 Å². The Labute approximate surface area is 221 Å². The van der Waals surface area contributed by atoms with Crippen LogP contribution in [0.1, 0.15) is 60.7 Å². The van der Waals surface area contributed by atoms with E-state index in [0.29, 0.717) is 32.8 Å². The Kier molecular flexibility index (Phi) is 6.60. The molecule has 1 aliphatic rings. The Morgan fingerprint density at radius 1 is 1.05 bits per heavy atom. The SMILES string of the molecule is Cc1cc([C@H](C)Nc2ccc(Cl)cc2-c2ccc3c(c2)C=NOB3O)c2oc(C(C)C)c(C)c(=O)c2c1. The van der Waals surface area contributed by atoms with E-state index in [2.05, 4.69) is 23.5 Å². The van der Waals surface area contributed by atoms with Gasteiger partial charge in [-0.15, -0.1) is 5.16 Å². The highest BCUT2D eigenvalue weighted by Gasteiger charge is 2.26. The van der Waals surface area contributed by atoms with Crippen LogP contribution in [-0.2, 0) is 4.76 Å². The molecule has 0 saturated carbocycles. The van der Waals surface area contributed by atoms with E-state index in [4.69, 9.17) is 20.8 Å². The first-order chi connectivity index (χ1) is 17.6. The van der Waals surface area contributed by atoms with E-state index < -0.39 is 7.12 Å². The molecule has 6 nitrogen and oxygen atoms in total. The average molecular weight is 515 g/mol. The second-order valence-electron chi connectivity index (χ2n) is 9.90. The van der Waals surface area contributed by atoms with Crippen LogP contribution >= 0.6 is 11.6 Å². The highest BCUT2D eigenvalue weighted by atomic mass is 35.5. The van der Waals surface area contributed by atoms with Gasteiger partial charge in [0.2, 0.25) is 0 Å². The summed E-state index contributed by atoms with van der Waals surface area (Å²) in [7, 11) is -1.09. The van der Waals surface area contributed by atoms with Crippen molar-refractivity contribution in [3.8, 4) is 11.1 Å². The minimum absolute atomic E-state index is 0.0103. The summed E-state index contributed by atoms with van der Waals surface area (Å²) in [6, 6.07) is 15.2. The Morgan fingerprint density at radius 3 is 2.59 bits per heavy atom. The summed E-state index contributed by atoms with van der Waals surface area (Å²) in [4.78, 5) is 13.2. The lowest BCUT2D eigenvalue weighted by Gasteiger charge is -2.22. The van der Waals surface area contributed by atoms with Gasteiger partial charge >= 0.3 is 7.12 Å². The van der Waals surface area contributed by atoms with Gasteiger partial charge in [0, 0.05) is 38.8 Å². The third kappa shape index (κ3) is 4.65. The third-order valence-electron chi connectivity index (χ3n) is 6.79. The summed E-state index contributed by atoms with van der Waals surface area (Å²) in [5.74, 6) is 0.803. The van der Waals surface area contributed by atoms with Gasteiger partial charge in [-0.05, 0) is 67.8 Å². The summed E-state index contributed by atoms with van der Waals surface area (Å²) < 4.78 is 11.3. The van der Waals surface area contributed by atoms with Crippen molar-refractivity contribution in [2.24, 2.45) is 5.16 Å². The molecule has 37 heavy (non-hydrogen) atoms. The maximum atomic E-state index is 13.2. The van der Waals surface area contributed by atoms with E-state index in [1.54, 1.807) is 6.21 Å². The summed E-state index contributed by atoms with van der Waals surface area (Å²) in [6.07, 6.45) is 1.58. The molecule has 0 fully saturated rings. The minimum atomic E-state index is -1.09.